The Morgan fingerprint density at radius 2 is 1.88 bits per heavy atom. The summed E-state index contributed by atoms with van der Waals surface area (Å²) in [5.41, 5.74) is 0. The van der Waals surface area contributed by atoms with Gasteiger partial charge in [0.1, 0.15) is 6.10 Å². The van der Waals surface area contributed by atoms with Gasteiger partial charge in [-0.25, -0.2) is 0 Å². The van der Waals surface area contributed by atoms with Gasteiger partial charge in [0.15, 0.2) is 0 Å². The van der Waals surface area contributed by atoms with E-state index in [-0.39, 0.29) is 12.5 Å². The third-order valence-corrected chi connectivity index (χ3v) is 4.45. The van der Waals surface area contributed by atoms with E-state index >= 15 is 0 Å². The highest BCUT2D eigenvalue weighted by Gasteiger charge is 2.35. The van der Waals surface area contributed by atoms with Gasteiger partial charge >= 0.3 is 5.97 Å². The fourth-order valence-corrected chi connectivity index (χ4v) is 2.90. The van der Waals surface area contributed by atoms with Crippen LogP contribution in [0.1, 0.15) is 64.7 Å². The molecule has 0 aromatic heterocycles. The molecular formula is C18H32O6. The second-order valence-corrected chi connectivity index (χ2v) is 6.57. The van der Waals surface area contributed by atoms with Crippen LogP contribution < -0.4 is 0 Å². The van der Waals surface area contributed by atoms with Crippen LogP contribution in [-0.4, -0.2) is 56.9 Å². The van der Waals surface area contributed by atoms with Crippen LogP contribution in [0, 0.1) is 0 Å². The molecule has 1 aliphatic rings. The summed E-state index contributed by atoms with van der Waals surface area (Å²) in [7, 11) is 0. The lowest BCUT2D eigenvalue weighted by Gasteiger charge is -2.16. The van der Waals surface area contributed by atoms with Gasteiger partial charge in [0.25, 0.3) is 0 Å². The van der Waals surface area contributed by atoms with Crippen molar-refractivity contribution in [2.75, 3.05) is 0 Å². The summed E-state index contributed by atoms with van der Waals surface area (Å²) in [5, 5.41) is 38.2. The number of aliphatic carboxylic acids is 1. The number of rotatable bonds is 12. The maximum Gasteiger partial charge on any atom is 0.303 e. The predicted molar refractivity (Wildman–Crippen MR) is 90.7 cm³/mol. The van der Waals surface area contributed by atoms with Crippen molar-refractivity contribution in [2.24, 2.45) is 0 Å². The summed E-state index contributed by atoms with van der Waals surface area (Å²) in [6.45, 7) is 1.87. The van der Waals surface area contributed by atoms with E-state index in [1.807, 2.05) is 6.92 Å². The molecule has 0 unspecified atom stereocenters. The van der Waals surface area contributed by atoms with Gasteiger partial charge in [0, 0.05) is 12.8 Å². The van der Waals surface area contributed by atoms with E-state index in [0.717, 1.165) is 25.7 Å². The molecule has 0 amide bonds. The van der Waals surface area contributed by atoms with Crippen molar-refractivity contribution in [1.82, 2.24) is 0 Å². The number of carboxylic acid groups (broad SMARTS) is 1. The van der Waals surface area contributed by atoms with E-state index in [9.17, 15) is 20.1 Å². The largest absolute Gasteiger partial charge is 0.481 e. The fraction of sp³-hybridized carbons (Fsp3) is 0.833. The third kappa shape index (κ3) is 8.24. The van der Waals surface area contributed by atoms with Crippen LogP contribution in [-0.2, 0) is 9.53 Å². The molecule has 1 rings (SSSR count). The number of aliphatic hydroxyl groups excluding tert-OH is 3. The van der Waals surface area contributed by atoms with E-state index in [0.29, 0.717) is 25.7 Å². The highest BCUT2D eigenvalue weighted by Crippen LogP contribution is 2.25. The van der Waals surface area contributed by atoms with E-state index in [1.54, 1.807) is 12.2 Å². The molecule has 6 heteroatoms. The maximum absolute atomic E-state index is 10.4. The zero-order valence-corrected chi connectivity index (χ0v) is 14.5. The number of aliphatic hydroxyl groups is 3. The third-order valence-electron chi connectivity index (χ3n) is 4.45. The Morgan fingerprint density at radius 1 is 1.21 bits per heavy atom. The minimum atomic E-state index is -0.749. The molecule has 0 bridgehead atoms. The molecule has 0 saturated carbocycles. The van der Waals surface area contributed by atoms with Crippen molar-refractivity contribution in [3.8, 4) is 0 Å². The molecule has 1 heterocycles. The molecule has 0 spiro atoms. The highest BCUT2D eigenvalue weighted by atomic mass is 16.5. The lowest BCUT2D eigenvalue weighted by atomic mass is 10.0. The van der Waals surface area contributed by atoms with Crippen LogP contribution in [0.4, 0.5) is 0 Å². The van der Waals surface area contributed by atoms with E-state index in [1.165, 1.54) is 0 Å². The molecule has 0 aliphatic carbocycles. The standard InChI is InChI=1S/C18H32O6/c1-2-14(20)17-12-15(21)16(24-17)11-10-13(19)8-6-4-3-5-7-9-18(22)23/h10-11,13-17,19-21H,2-9,12H2,1H3,(H,22,23)/b11-10+/t13-,14+,15-,16-,17-/m0/s1. The maximum atomic E-state index is 10.4. The molecule has 1 aliphatic heterocycles. The Labute approximate surface area is 144 Å². The SMILES string of the molecule is CC[C@@H](O)[C@@H]1C[C@H](O)[C@H](/C=C/[C@@H](O)CCCCCCCC(=O)O)O1. The zero-order valence-electron chi connectivity index (χ0n) is 14.5. The van der Waals surface area contributed by atoms with E-state index in [4.69, 9.17) is 9.84 Å². The molecule has 0 aromatic rings. The van der Waals surface area contributed by atoms with E-state index < -0.39 is 30.4 Å². The zero-order chi connectivity index (χ0) is 17.9. The topological polar surface area (TPSA) is 107 Å². The Balaban J connectivity index is 2.15. The summed E-state index contributed by atoms with van der Waals surface area (Å²) in [6.07, 6.45) is 7.04. The second kappa shape index (κ2) is 11.6. The average molecular weight is 344 g/mol. The predicted octanol–water partition coefficient (Wildman–Crippen LogP) is 2.01. The molecule has 0 radical (unpaired) electrons. The van der Waals surface area contributed by atoms with Crippen LogP contribution in [0.25, 0.3) is 0 Å². The summed E-state index contributed by atoms with van der Waals surface area (Å²) >= 11 is 0. The number of ether oxygens (including phenoxy) is 1. The fourth-order valence-electron chi connectivity index (χ4n) is 2.90. The minimum Gasteiger partial charge on any atom is -0.481 e. The van der Waals surface area contributed by atoms with Crippen molar-refractivity contribution < 1.29 is 30.0 Å². The lowest BCUT2D eigenvalue weighted by Crippen LogP contribution is -2.25. The summed E-state index contributed by atoms with van der Waals surface area (Å²) in [4.78, 5) is 10.4. The molecule has 0 aromatic carbocycles. The van der Waals surface area contributed by atoms with Crippen molar-refractivity contribution >= 4 is 5.97 Å². The van der Waals surface area contributed by atoms with Gasteiger partial charge in [-0.05, 0) is 19.3 Å². The first-order valence-electron chi connectivity index (χ1n) is 9.03. The number of carboxylic acids is 1. The smallest absolute Gasteiger partial charge is 0.303 e. The Hall–Kier alpha value is -0.950. The molecule has 1 saturated heterocycles. The molecule has 5 atom stereocenters. The van der Waals surface area contributed by atoms with Gasteiger partial charge in [0.2, 0.25) is 0 Å². The molecule has 6 nitrogen and oxygen atoms in total. The van der Waals surface area contributed by atoms with Gasteiger partial charge < -0.3 is 25.2 Å². The summed E-state index contributed by atoms with van der Waals surface area (Å²) in [5.74, 6) is -0.749. The minimum absolute atomic E-state index is 0.225. The van der Waals surface area contributed by atoms with Crippen LogP contribution in [0.5, 0.6) is 0 Å². The van der Waals surface area contributed by atoms with Gasteiger partial charge in [0.05, 0.1) is 24.4 Å². The second-order valence-electron chi connectivity index (χ2n) is 6.57. The summed E-state index contributed by atoms with van der Waals surface area (Å²) in [6, 6.07) is 0. The first-order valence-corrected chi connectivity index (χ1v) is 9.03. The quantitative estimate of drug-likeness (QED) is 0.319. The van der Waals surface area contributed by atoms with Crippen molar-refractivity contribution in [1.29, 1.82) is 0 Å². The molecular weight excluding hydrogens is 312 g/mol. The van der Waals surface area contributed by atoms with Gasteiger partial charge in [-0.3, -0.25) is 4.79 Å². The summed E-state index contributed by atoms with van der Waals surface area (Å²) < 4.78 is 5.62. The molecule has 140 valence electrons. The Kier molecular flexibility index (Phi) is 10.2. The van der Waals surface area contributed by atoms with Gasteiger partial charge in [-0.2, -0.15) is 0 Å². The van der Waals surface area contributed by atoms with Crippen LogP contribution in [0.2, 0.25) is 0 Å². The number of hydrogen-bond acceptors (Lipinski definition) is 5. The number of hydrogen-bond donors (Lipinski definition) is 4. The Bertz CT molecular complexity index is 384. The first kappa shape index (κ1) is 21.1. The van der Waals surface area contributed by atoms with Crippen LogP contribution >= 0.6 is 0 Å². The van der Waals surface area contributed by atoms with Gasteiger partial charge in [-0.15, -0.1) is 0 Å². The normalized spacial score (nSPS) is 26.8. The van der Waals surface area contributed by atoms with Crippen molar-refractivity contribution in [3.05, 3.63) is 12.2 Å². The molecule has 4 N–H and O–H groups in total. The van der Waals surface area contributed by atoms with Gasteiger partial charge in [-0.1, -0.05) is 44.8 Å². The van der Waals surface area contributed by atoms with Crippen LogP contribution in [0.3, 0.4) is 0 Å². The molecule has 1 fully saturated rings. The monoisotopic (exact) mass is 344 g/mol. The van der Waals surface area contributed by atoms with Crippen LogP contribution in [0.15, 0.2) is 12.2 Å². The average Bonchev–Trinajstić information content (AvgIpc) is 2.92. The number of carbonyl (C=O) groups is 1. The Morgan fingerprint density at radius 3 is 2.54 bits per heavy atom. The van der Waals surface area contributed by atoms with E-state index in [2.05, 4.69) is 0 Å². The number of unbranched alkanes of at least 4 members (excludes halogenated alkanes) is 4. The van der Waals surface area contributed by atoms with Crippen molar-refractivity contribution in [2.45, 2.75) is 95.2 Å². The highest BCUT2D eigenvalue weighted by molar-refractivity contribution is 5.66. The lowest BCUT2D eigenvalue weighted by molar-refractivity contribution is -0.137. The first-order chi connectivity index (χ1) is 11.4. The molecule has 24 heavy (non-hydrogen) atoms. The van der Waals surface area contributed by atoms with Crippen molar-refractivity contribution in [3.63, 3.8) is 0 Å².